The number of para-hydroxylation sites is 1. The van der Waals surface area contributed by atoms with Crippen LogP contribution in [0, 0.1) is 5.92 Å². The molecule has 1 amide bonds. The number of nitrogens with one attached hydrogen (secondary N) is 1. The molecule has 0 fully saturated rings. The van der Waals surface area contributed by atoms with E-state index in [0.29, 0.717) is 11.5 Å². The summed E-state index contributed by atoms with van der Waals surface area (Å²) in [6, 6.07) is 11.8. The van der Waals surface area contributed by atoms with Crippen molar-refractivity contribution >= 4 is 23.3 Å². The molecule has 0 bridgehead atoms. The Balaban J connectivity index is 1.68. The Kier molecular flexibility index (Phi) is 8.07. The van der Waals surface area contributed by atoms with Crippen molar-refractivity contribution in [1.82, 2.24) is 5.32 Å². The number of benzene rings is 2. The molecule has 1 aliphatic heterocycles. The lowest BCUT2D eigenvalue weighted by molar-refractivity contribution is -0.150. The van der Waals surface area contributed by atoms with Crippen LogP contribution in [0.1, 0.15) is 43.6 Å². The van der Waals surface area contributed by atoms with Gasteiger partial charge in [-0.25, -0.2) is 4.79 Å². The number of methoxy groups -OCH3 is 2. The first kappa shape index (κ1) is 26.8. The van der Waals surface area contributed by atoms with Gasteiger partial charge in [-0.05, 0) is 29.7 Å². The number of ketones is 1. The van der Waals surface area contributed by atoms with Crippen molar-refractivity contribution in [3.05, 3.63) is 65.4 Å². The van der Waals surface area contributed by atoms with E-state index in [2.05, 4.69) is 19.2 Å². The van der Waals surface area contributed by atoms with Gasteiger partial charge in [0.2, 0.25) is 0 Å². The van der Waals surface area contributed by atoms with Crippen LogP contribution in [0.15, 0.2) is 54.2 Å². The first-order valence-corrected chi connectivity index (χ1v) is 11.8. The van der Waals surface area contributed by atoms with E-state index in [0.717, 1.165) is 16.9 Å². The maximum atomic E-state index is 12.9. The summed E-state index contributed by atoms with van der Waals surface area (Å²) in [5.41, 5.74) is 2.90. The van der Waals surface area contributed by atoms with Crippen molar-refractivity contribution < 1.29 is 28.6 Å². The zero-order valence-corrected chi connectivity index (χ0v) is 21.9. The zero-order chi connectivity index (χ0) is 26.6. The number of carbonyl (C=O) groups is 3. The number of anilines is 1. The minimum absolute atomic E-state index is 0.267. The Morgan fingerprint density at radius 2 is 1.64 bits per heavy atom. The fraction of sp³-hybridized carbons (Fsp3) is 0.393. The quantitative estimate of drug-likeness (QED) is 0.418. The minimum atomic E-state index is -0.940. The Labute approximate surface area is 212 Å². The molecule has 8 nitrogen and oxygen atoms in total. The van der Waals surface area contributed by atoms with Crippen molar-refractivity contribution in [2.45, 2.75) is 39.2 Å². The van der Waals surface area contributed by atoms with Crippen molar-refractivity contribution in [3.8, 4) is 11.5 Å². The van der Waals surface area contributed by atoms with E-state index in [4.69, 9.17) is 14.2 Å². The van der Waals surface area contributed by atoms with Crippen LogP contribution in [0.3, 0.4) is 0 Å². The molecule has 0 saturated heterocycles. The standard InChI is InChI=1S/C28H34N2O6/c1-17(2)25(29-26(32)18-12-20(34-6)15-21(13-18)35-7)27(33)36-16-19(31)14-24-28(3,4)22-10-8-9-11-23(22)30(24)5/h8-15,17,25H,16H2,1-7H3,(H,29,32)/t25-/m0/s1. The van der Waals surface area contributed by atoms with Crippen LogP contribution in [0.5, 0.6) is 11.5 Å². The second kappa shape index (κ2) is 10.8. The average Bonchev–Trinajstić information content (AvgIpc) is 3.05. The highest BCUT2D eigenvalue weighted by molar-refractivity contribution is 5.98. The summed E-state index contributed by atoms with van der Waals surface area (Å²) < 4.78 is 15.8. The van der Waals surface area contributed by atoms with E-state index >= 15 is 0 Å². The number of ether oxygens (including phenoxy) is 3. The Bertz CT molecular complexity index is 1160. The van der Waals surface area contributed by atoms with Crippen LogP contribution in [0.4, 0.5) is 5.69 Å². The molecule has 2 aromatic carbocycles. The number of nitrogens with zero attached hydrogens (tertiary/aromatic N) is 1. The summed E-state index contributed by atoms with van der Waals surface area (Å²) in [7, 11) is 4.89. The third kappa shape index (κ3) is 5.53. The van der Waals surface area contributed by atoms with Crippen LogP contribution in [-0.4, -0.2) is 51.6 Å². The molecule has 8 heteroatoms. The SMILES string of the molecule is COc1cc(OC)cc(C(=O)N[C@H](C(=O)OCC(=O)C=C2N(C)c3ccccc3C2(C)C)C(C)C)c1. The first-order chi connectivity index (χ1) is 17.0. The van der Waals surface area contributed by atoms with Crippen LogP contribution in [0.2, 0.25) is 0 Å². The molecule has 0 aromatic heterocycles. The highest BCUT2D eigenvalue weighted by Gasteiger charge is 2.38. The molecule has 0 unspecified atom stereocenters. The van der Waals surface area contributed by atoms with Gasteiger partial charge in [0.1, 0.15) is 17.5 Å². The largest absolute Gasteiger partial charge is 0.497 e. The summed E-state index contributed by atoms with van der Waals surface area (Å²) in [6.07, 6.45) is 1.53. The number of amides is 1. The summed E-state index contributed by atoms with van der Waals surface area (Å²) in [5.74, 6) is -0.868. The molecule has 1 N–H and O–H groups in total. The average molecular weight is 495 g/mol. The minimum Gasteiger partial charge on any atom is -0.497 e. The van der Waals surface area contributed by atoms with E-state index in [1.54, 1.807) is 32.0 Å². The Hall–Kier alpha value is -3.81. The van der Waals surface area contributed by atoms with Crippen molar-refractivity contribution in [1.29, 1.82) is 0 Å². The van der Waals surface area contributed by atoms with E-state index in [-0.39, 0.29) is 22.7 Å². The van der Waals surface area contributed by atoms with E-state index in [9.17, 15) is 14.4 Å². The van der Waals surface area contributed by atoms with Gasteiger partial charge in [0, 0.05) is 41.6 Å². The van der Waals surface area contributed by atoms with Gasteiger partial charge >= 0.3 is 5.97 Å². The van der Waals surface area contributed by atoms with Gasteiger partial charge in [-0.15, -0.1) is 0 Å². The molecule has 1 atom stereocenters. The highest BCUT2D eigenvalue weighted by Crippen LogP contribution is 2.46. The summed E-state index contributed by atoms with van der Waals surface area (Å²) in [5, 5.41) is 2.70. The lowest BCUT2D eigenvalue weighted by atomic mass is 9.83. The van der Waals surface area contributed by atoms with Crippen LogP contribution < -0.4 is 19.7 Å². The predicted molar refractivity (Wildman–Crippen MR) is 138 cm³/mol. The predicted octanol–water partition coefficient (Wildman–Crippen LogP) is 3.88. The lowest BCUT2D eigenvalue weighted by Gasteiger charge is -2.24. The van der Waals surface area contributed by atoms with Gasteiger partial charge in [-0.2, -0.15) is 0 Å². The van der Waals surface area contributed by atoms with E-state index in [1.165, 1.54) is 20.3 Å². The molecule has 192 valence electrons. The molecular weight excluding hydrogens is 460 g/mol. The van der Waals surface area contributed by atoms with Crippen LogP contribution >= 0.6 is 0 Å². The van der Waals surface area contributed by atoms with Gasteiger partial charge in [0.05, 0.1) is 14.2 Å². The third-order valence-corrected chi connectivity index (χ3v) is 6.42. The number of allylic oxidation sites excluding steroid dienone is 1. The molecular formula is C28H34N2O6. The zero-order valence-electron chi connectivity index (χ0n) is 21.9. The number of fused-ring (bicyclic) bond motifs is 1. The molecule has 0 saturated carbocycles. The third-order valence-electron chi connectivity index (χ3n) is 6.42. The van der Waals surface area contributed by atoms with Crippen molar-refractivity contribution in [2.75, 3.05) is 32.8 Å². The number of esters is 1. The monoisotopic (exact) mass is 494 g/mol. The number of carbonyl (C=O) groups excluding carboxylic acids is 3. The second-order valence-corrected chi connectivity index (χ2v) is 9.60. The smallest absolute Gasteiger partial charge is 0.329 e. The molecule has 1 aliphatic rings. The molecule has 2 aromatic rings. The molecule has 3 rings (SSSR count). The summed E-state index contributed by atoms with van der Waals surface area (Å²) in [4.78, 5) is 40.5. The number of likely N-dealkylation sites (N-methyl/N-ethyl adjacent to an activating group) is 1. The highest BCUT2D eigenvalue weighted by atomic mass is 16.5. The first-order valence-electron chi connectivity index (χ1n) is 11.8. The molecule has 1 heterocycles. The fourth-order valence-electron chi connectivity index (χ4n) is 4.35. The van der Waals surface area contributed by atoms with Crippen LogP contribution in [0.25, 0.3) is 0 Å². The van der Waals surface area contributed by atoms with Gasteiger partial charge in [0.25, 0.3) is 5.91 Å². The van der Waals surface area contributed by atoms with E-state index in [1.807, 2.05) is 36.2 Å². The van der Waals surface area contributed by atoms with Crippen LogP contribution in [-0.2, 0) is 19.7 Å². The van der Waals surface area contributed by atoms with Gasteiger partial charge in [-0.1, -0.05) is 45.9 Å². The lowest BCUT2D eigenvalue weighted by Crippen LogP contribution is -2.45. The van der Waals surface area contributed by atoms with Gasteiger partial charge < -0.3 is 24.4 Å². The topological polar surface area (TPSA) is 94.2 Å². The summed E-state index contributed by atoms with van der Waals surface area (Å²) >= 11 is 0. The van der Waals surface area contributed by atoms with Gasteiger partial charge in [0.15, 0.2) is 12.4 Å². The van der Waals surface area contributed by atoms with E-state index < -0.39 is 24.5 Å². The molecule has 0 radical (unpaired) electrons. The molecule has 36 heavy (non-hydrogen) atoms. The van der Waals surface area contributed by atoms with Crippen molar-refractivity contribution in [2.24, 2.45) is 5.92 Å². The Morgan fingerprint density at radius 3 is 2.19 bits per heavy atom. The molecule has 0 spiro atoms. The maximum absolute atomic E-state index is 12.9. The summed E-state index contributed by atoms with van der Waals surface area (Å²) in [6.45, 7) is 7.26. The fourth-order valence-corrected chi connectivity index (χ4v) is 4.35. The van der Waals surface area contributed by atoms with Gasteiger partial charge in [-0.3, -0.25) is 9.59 Å². The number of hydrogen-bond acceptors (Lipinski definition) is 7. The van der Waals surface area contributed by atoms with Crippen molar-refractivity contribution in [3.63, 3.8) is 0 Å². The Morgan fingerprint density at radius 1 is 1.03 bits per heavy atom. The number of hydrogen-bond donors (Lipinski definition) is 1. The number of rotatable bonds is 9. The second-order valence-electron chi connectivity index (χ2n) is 9.60. The molecule has 0 aliphatic carbocycles. The normalized spacial score (nSPS) is 15.9. The maximum Gasteiger partial charge on any atom is 0.329 e.